The minimum atomic E-state index is -2.76. The molecule has 3 rings (SSSR count). The Bertz CT molecular complexity index is 1200. The van der Waals surface area contributed by atoms with Crippen LogP contribution < -0.4 is 15.1 Å². The summed E-state index contributed by atoms with van der Waals surface area (Å²) in [5.41, 5.74) is 4.33. The summed E-state index contributed by atoms with van der Waals surface area (Å²) in [6, 6.07) is 5.89. The van der Waals surface area contributed by atoms with Crippen molar-refractivity contribution in [2.75, 3.05) is 0 Å². The Kier molecular flexibility index (Phi) is 8.31. The quantitative estimate of drug-likeness (QED) is 0.280. The van der Waals surface area contributed by atoms with Gasteiger partial charge in [-0.25, -0.2) is 0 Å². The van der Waals surface area contributed by atoms with Crippen molar-refractivity contribution in [2.45, 2.75) is 109 Å². The lowest BCUT2D eigenvalue weighted by molar-refractivity contribution is -0.287. The highest BCUT2D eigenvalue weighted by atomic mass is 31.2. The van der Waals surface area contributed by atoms with Crippen molar-refractivity contribution in [1.82, 2.24) is 0 Å². The van der Waals surface area contributed by atoms with Crippen molar-refractivity contribution in [1.29, 1.82) is 0 Å². The lowest BCUT2D eigenvalue weighted by Gasteiger charge is -2.47. The van der Waals surface area contributed by atoms with E-state index in [0.29, 0.717) is 5.30 Å². The van der Waals surface area contributed by atoms with Crippen LogP contribution in [0, 0.1) is 32.5 Å². The summed E-state index contributed by atoms with van der Waals surface area (Å²) >= 11 is 0. The van der Waals surface area contributed by atoms with E-state index in [0.717, 1.165) is 11.1 Å². The highest BCUT2D eigenvalue weighted by Gasteiger charge is 2.43. The molecule has 0 amide bonds. The van der Waals surface area contributed by atoms with Crippen molar-refractivity contribution < 1.29 is 9.79 Å². The zero-order valence-electron chi connectivity index (χ0n) is 27.1. The Labute approximate surface area is 241 Å². The molecule has 1 aromatic carbocycles. The number of hydrogen-bond donors (Lipinski definition) is 0. The molecular weight excluding hydrogens is 495 g/mol. The van der Waals surface area contributed by atoms with Crippen LogP contribution in [0.15, 0.2) is 65.8 Å². The maximum Gasteiger partial charge on any atom is 0.0242 e. The van der Waals surface area contributed by atoms with E-state index in [-0.39, 0.29) is 44.3 Å². The van der Waals surface area contributed by atoms with Gasteiger partial charge < -0.3 is 9.79 Å². The lowest BCUT2D eigenvalue weighted by atomic mass is 9.59. The summed E-state index contributed by atoms with van der Waals surface area (Å²) in [5.74, 6) is -0.0964. The molecule has 3 heteroatoms. The van der Waals surface area contributed by atoms with Crippen molar-refractivity contribution >= 4 is 13.7 Å². The van der Waals surface area contributed by atoms with Gasteiger partial charge >= 0.3 is 0 Å². The molecule has 4 unspecified atom stereocenters. The van der Waals surface area contributed by atoms with Crippen molar-refractivity contribution in [3.63, 3.8) is 0 Å². The molecule has 0 heterocycles. The second-order valence-corrected chi connectivity index (χ2v) is 17.5. The molecule has 0 saturated heterocycles. The fourth-order valence-electron chi connectivity index (χ4n) is 5.88. The predicted molar refractivity (Wildman–Crippen MR) is 167 cm³/mol. The molecule has 39 heavy (non-hydrogen) atoms. The third-order valence-corrected chi connectivity index (χ3v) is 10.6. The van der Waals surface area contributed by atoms with Gasteiger partial charge in [0.05, 0.1) is 0 Å². The summed E-state index contributed by atoms with van der Waals surface area (Å²) < 4.78 is 0. The van der Waals surface area contributed by atoms with Gasteiger partial charge in [-0.15, -0.1) is 0 Å². The molecule has 0 fully saturated rings. The molecule has 2 aliphatic rings. The van der Waals surface area contributed by atoms with Crippen LogP contribution in [0.5, 0.6) is 0 Å². The molecule has 216 valence electrons. The van der Waals surface area contributed by atoms with Gasteiger partial charge in [0, 0.05) is 22.7 Å². The molecule has 0 spiro atoms. The Morgan fingerprint density at radius 2 is 1.05 bits per heavy atom. The molecule has 0 N–H and O–H groups in total. The molecule has 0 bridgehead atoms. The standard InChI is InChI=1S/C36H53O2P/c1-31(2,3)27-22-35(13,33(7,8)9)20-18-24(27)25-16-15-17-29(39(37)38)30(25)26-19-21-36(14,34(10,11)12)23-28(26)32(4,5)6/h15-24,26H,1-14H3/q-2. The predicted octanol–water partition coefficient (Wildman–Crippen LogP) is 8.70. The Hall–Kier alpha value is -1.47. The number of rotatable bonds is 3. The van der Waals surface area contributed by atoms with Gasteiger partial charge in [-0.3, -0.25) is 8.38 Å². The molecule has 0 aromatic heterocycles. The summed E-state index contributed by atoms with van der Waals surface area (Å²) in [4.78, 5) is 25.6. The van der Waals surface area contributed by atoms with Crippen molar-refractivity contribution in [2.24, 2.45) is 32.5 Å². The van der Waals surface area contributed by atoms with E-state index in [4.69, 9.17) is 0 Å². The molecule has 2 aliphatic carbocycles. The van der Waals surface area contributed by atoms with Crippen LogP contribution in [0.1, 0.15) is 120 Å². The Morgan fingerprint density at radius 1 is 0.641 bits per heavy atom. The SMILES string of the molecule is CC(C)(C)C1=CC(C)(C(C)(C)C)C=CC1c1cccc(P([O-])[O-])c1C1C=CC(C)(C(C)(C)C)C=C1C(C)(C)C. The zero-order chi connectivity index (χ0) is 30.0. The van der Waals surface area contributed by atoms with E-state index in [1.165, 1.54) is 11.1 Å². The van der Waals surface area contributed by atoms with Crippen LogP contribution in [0.2, 0.25) is 0 Å². The van der Waals surface area contributed by atoms with Crippen LogP contribution in [-0.4, -0.2) is 0 Å². The lowest BCUT2D eigenvalue weighted by Crippen LogP contribution is -2.36. The van der Waals surface area contributed by atoms with E-state index >= 15 is 0 Å². The molecule has 1 aromatic rings. The van der Waals surface area contributed by atoms with Gasteiger partial charge in [-0.1, -0.05) is 168 Å². The second kappa shape index (κ2) is 10.1. The van der Waals surface area contributed by atoms with Crippen molar-refractivity contribution in [3.05, 3.63) is 76.9 Å². The summed E-state index contributed by atoms with van der Waals surface area (Å²) in [6.45, 7) is 31.9. The first kappa shape index (κ1) is 32.0. The van der Waals surface area contributed by atoms with Crippen LogP contribution in [-0.2, 0) is 0 Å². The highest BCUT2D eigenvalue weighted by Crippen LogP contribution is 2.55. The average molecular weight is 549 g/mol. The Balaban J connectivity index is 2.35. The van der Waals surface area contributed by atoms with Gasteiger partial charge in [0.15, 0.2) is 0 Å². The monoisotopic (exact) mass is 548 g/mol. The topological polar surface area (TPSA) is 46.1 Å². The minimum Gasteiger partial charge on any atom is -0.838 e. The third kappa shape index (κ3) is 6.10. The van der Waals surface area contributed by atoms with Crippen LogP contribution in [0.3, 0.4) is 0 Å². The van der Waals surface area contributed by atoms with Gasteiger partial charge in [-0.2, -0.15) is 0 Å². The number of hydrogen-bond acceptors (Lipinski definition) is 2. The van der Waals surface area contributed by atoms with Gasteiger partial charge in [0.2, 0.25) is 0 Å². The molecule has 2 nitrogen and oxygen atoms in total. The van der Waals surface area contributed by atoms with E-state index in [1.54, 1.807) is 6.07 Å². The van der Waals surface area contributed by atoms with E-state index in [2.05, 4.69) is 139 Å². The largest absolute Gasteiger partial charge is 0.838 e. The number of benzene rings is 1. The second-order valence-electron chi connectivity index (χ2n) is 16.5. The molecule has 4 atom stereocenters. The normalized spacial score (nSPS) is 28.5. The van der Waals surface area contributed by atoms with Gasteiger partial charge in [-0.05, 0) is 32.8 Å². The maximum absolute atomic E-state index is 12.8. The van der Waals surface area contributed by atoms with Crippen LogP contribution in [0.4, 0.5) is 0 Å². The van der Waals surface area contributed by atoms with E-state index in [1.807, 2.05) is 6.07 Å². The third-order valence-electron chi connectivity index (χ3n) is 9.77. The highest BCUT2D eigenvalue weighted by molar-refractivity contribution is 7.51. The number of allylic oxidation sites excluding steroid dienone is 8. The van der Waals surface area contributed by atoms with E-state index in [9.17, 15) is 9.79 Å². The Morgan fingerprint density at radius 3 is 1.44 bits per heavy atom. The molecule has 0 radical (unpaired) electrons. The fourth-order valence-corrected chi connectivity index (χ4v) is 6.56. The van der Waals surface area contributed by atoms with Crippen LogP contribution in [0.25, 0.3) is 0 Å². The van der Waals surface area contributed by atoms with Gasteiger partial charge in [0.25, 0.3) is 0 Å². The first-order valence-corrected chi connectivity index (χ1v) is 15.7. The van der Waals surface area contributed by atoms with Crippen LogP contribution >= 0.6 is 8.38 Å². The minimum absolute atomic E-state index is 0.0101. The maximum atomic E-state index is 12.8. The van der Waals surface area contributed by atoms with E-state index < -0.39 is 8.38 Å². The summed E-state index contributed by atoms with van der Waals surface area (Å²) in [7, 11) is -2.76. The van der Waals surface area contributed by atoms with Gasteiger partial charge in [0.1, 0.15) is 0 Å². The first-order chi connectivity index (χ1) is 17.4. The first-order valence-electron chi connectivity index (χ1n) is 14.6. The smallest absolute Gasteiger partial charge is 0.0242 e. The fraction of sp³-hybridized carbons (Fsp3) is 0.611. The average Bonchev–Trinajstić information content (AvgIpc) is 2.76. The zero-order valence-corrected chi connectivity index (χ0v) is 28.0. The summed E-state index contributed by atoms with van der Waals surface area (Å²) in [6.07, 6.45) is 14.2. The molecular formula is C36H53O2P-2. The van der Waals surface area contributed by atoms with Crippen molar-refractivity contribution in [3.8, 4) is 0 Å². The summed E-state index contributed by atoms with van der Waals surface area (Å²) in [5, 5.41) is 0.442. The molecule has 0 saturated carbocycles. The molecule has 0 aliphatic heterocycles.